The summed E-state index contributed by atoms with van der Waals surface area (Å²) in [5, 5.41) is 6.14. The van der Waals surface area contributed by atoms with Crippen molar-refractivity contribution in [3.8, 4) is 0 Å². The SMILES string of the molecule is CCNC(C)(C)C(=O)NC1CCC(=O)N(C)C1. The van der Waals surface area contributed by atoms with Gasteiger partial charge in [0.15, 0.2) is 0 Å². The molecular formula is C12H23N3O2. The Bertz CT molecular complexity index is 302. The highest BCUT2D eigenvalue weighted by Crippen LogP contribution is 2.11. The van der Waals surface area contributed by atoms with E-state index in [4.69, 9.17) is 0 Å². The Morgan fingerprint density at radius 3 is 2.71 bits per heavy atom. The molecule has 0 aromatic rings. The maximum Gasteiger partial charge on any atom is 0.240 e. The lowest BCUT2D eigenvalue weighted by atomic mass is 10.0. The molecule has 1 aliphatic heterocycles. The van der Waals surface area contributed by atoms with E-state index in [0.717, 1.165) is 13.0 Å². The Balaban J connectivity index is 2.49. The normalized spacial score (nSPS) is 21.5. The van der Waals surface area contributed by atoms with Crippen molar-refractivity contribution in [2.75, 3.05) is 20.1 Å². The summed E-state index contributed by atoms with van der Waals surface area (Å²) in [5.41, 5.74) is -0.561. The van der Waals surface area contributed by atoms with E-state index >= 15 is 0 Å². The van der Waals surface area contributed by atoms with Crippen LogP contribution in [0.5, 0.6) is 0 Å². The van der Waals surface area contributed by atoms with Crippen molar-refractivity contribution in [2.45, 2.75) is 45.2 Å². The zero-order chi connectivity index (χ0) is 13.1. The largest absolute Gasteiger partial charge is 0.350 e. The average molecular weight is 241 g/mol. The average Bonchev–Trinajstić information content (AvgIpc) is 2.23. The van der Waals surface area contributed by atoms with Crippen LogP contribution in [0.2, 0.25) is 0 Å². The van der Waals surface area contributed by atoms with Crippen LogP contribution in [0.1, 0.15) is 33.6 Å². The number of carbonyl (C=O) groups is 2. The van der Waals surface area contributed by atoms with E-state index in [9.17, 15) is 9.59 Å². The zero-order valence-corrected chi connectivity index (χ0v) is 11.2. The van der Waals surface area contributed by atoms with Crippen molar-refractivity contribution in [2.24, 2.45) is 0 Å². The second-order valence-corrected chi connectivity index (χ2v) is 5.14. The minimum absolute atomic E-state index is 0.00732. The fourth-order valence-corrected chi connectivity index (χ4v) is 2.02. The summed E-state index contributed by atoms with van der Waals surface area (Å²) in [6, 6.07) is 0.0723. The monoisotopic (exact) mass is 241 g/mol. The molecule has 5 heteroatoms. The van der Waals surface area contributed by atoms with Crippen molar-refractivity contribution in [1.82, 2.24) is 15.5 Å². The molecule has 1 rings (SSSR count). The third-order valence-electron chi connectivity index (χ3n) is 3.15. The van der Waals surface area contributed by atoms with Gasteiger partial charge >= 0.3 is 0 Å². The Hall–Kier alpha value is -1.10. The topological polar surface area (TPSA) is 61.4 Å². The molecule has 0 aromatic carbocycles. The van der Waals surface area contributed by atoms with Gasteiger partial charge in [-0.3, -0.25) is 9.59 Å². The molecule has 1 fully saturated rings. The minimum atomic E-state index is -0.561. The standard InChI is InChI=1S/C12H23N3O2/c1-5-13-12(2,3)11(17)14-9-6-7-10(16)15(4)8-9/h9,13H,5-8H2,1-4H3,(H,14,17). The highest BCUT2D eigenvalue weighted by atomic mass is 16.2. The van der Waals surface area contributed by atoms with Crippen LogP contribution in [0, 0.1) is 0 Å². The van der Waals surface area contributed by atoms with Crippen molar-refractivity contribution in [3.63, 3.8) is 0 Å². The van der Waals surface area contributed by atoms with Gasteiger partial charge < -0.3 is 15.5 Å². The molecule has 1 aliphatic rings. The molecule has 1 saturated heterocycles. The molecule has 0 spiro atoms. The van der Waals surface area contributed by atoms with Gasteiger partial charge in [0, 0.05) is 26.1 Å². The molecule has 98 valence electrons. The number of likely N-dealkylation sites (tertiary alicyclic amines) is 1. The molecule has 1 atom stereocenters. The summed E-state index contributed by atoms with van der Waals surface area (Å²) in [5.74, 6) is 0.147. The second kappa shape index (κ2) is 5.49. The van der Waals surface area contributed by atoms with E-state index in [-0.39, 0.29) is 17.9 Å². The maximum atomic E-state index is 12.0. The first-order valence-electron chi connectivity index (χ1n) is 6.16. The van der Waals surface area contributed by atoms with Gasteiger partial charge in [0.2, 0.25) is 11.8 Å². The molecule has 0 aliphatic carbocycles. The molecule has 0 saturated carbocycles. The van der Waals surface area contributed by atoms with Crippen molar-refractivity contribution in [3.05, 3.63) is 0 Å². The molecule has 0 bridgehead atoms. The number of nitrogens with one attached hydrogen (secondary N) is 2. The molecule has 1 heterocycles. The first-order valence-corrected chi connectivity index (χ1v) is 6.16. The predicted molar refractivity (Wildman–Crippen MR) is 66.6 cm³/mol. The molecular weight excluding hydrogens is 218 g/mol. The lowest BCUT2D eigenvalue weighted by Crippen LogP contribution is -2.57. The smallest absolute Gasteiger partial charge is 0.240 e. The van der Waals surface area contributed by atoms with Crippen LogP contribution in [0.3, 0.4) is 0 Å². The number of hydrogen-bond acceptors (Lipinski definition) is 3. The molecule has 0 radical (unpaired) electrons. The van der Waals surface area contributed by atoms with Gasteiger partial charge in [0.25, 0.3) is 0 Å². The lowest BCUT2D eigenvalue weighted by molar-refractivity contribution is -0.135. The van der Waals surface area contributed by atoms with Gasteiger partial charge in [-0.15, -0.1) is 0 Å². The minimum Gasteiger partial charge on any atom is -0.350 e. The van der Waals surface area contributed by atoms with Crippen molar-refractivity contribution >= 4 is 11.8 Å². The van der Waals surface area contributed by atoms with Crippen molar-refractivity contribution in [1.29, 1.82) is 0 Å². The quantitative estimate of drug-likeness (QED) is 0.734. The number of rotatable bonds is 4. The Morgan fingerprint density at radius 2 is 2.18 bits per heavy atom. The number of amides is 2. The third kappa shape index (κ3) is 3.70. The number of piperidine rings is 1. The van der Waals surface area contributed by atoms with Crippen molar-refractivity contribution < 1.29 is 9.59 Å². The maximum absolute atomic E-state index is 12.0. The summed E-state index contributed by atoms with van der Waals surface area (Å²) in [7, 11) is 1.77. The highest BCUT2D eigenvalue weighted by Gasteiger charge is 2.30. The summed E-state index contributed by atoms with van der Waals surface area (Å²) in [6.45, 7) is 7.06. The number of nitrogens with zero attached hydrogens (tertiary/aromatic N) is 1. The fourth-order valence-electron chi connectivity index (χ4n) is 2.02. The Kier molecular flexibility index (Phi) is 4.51. The van der Waals surface area contributed by atoms with E-state index < -0.39 is 5.54 Å². The van der Waals surface area contributed by atoms with E-state index in [1.54, 1.807) is 11.9 Å². The van der Waals surface area contributed by atoms with Crippen LogP contribution in [-0.4, -0.2) is 48.4 Å². The molecule has 1 unspecified atom stereocenters. The Morgan fingerprint density at radius 1 is 1.53 bits per heavy atom. The zero-order valence-electron chi connectivity index (χ0n) is 11.2. The van der Waals surface area contributed by atoms with E-state index in [2.05, 4.69) is 10.6 Å². The first-order chi connectivity index (χ1) is 7.86. The number of carbonyl (C=O) groups excluding carboxylic acids is 2. The van der Waals surface area contributed by atoms with Gasteiger partial charge in [-0.25, -0.2) is 0 Å². The molecule has 2 amide bonds. The summed E-state index contributed by atoms with van der Waals surface area (Å²) < 4.78 is 0. The number of likely N-dealkylation sites (N-methyl/N-ethyl adjacent to an activating group) is 2. The highest BCUT2D eigenvalue weighted by molar-refractivity contribution is 5.86. The first kappa shape index (κ1) is 14.0. The van der Waals surface area contributed by atoms with Crippen LogP contribution in [0.15, 0.2) is 0 Å². The summed E-state index contributed by atoms with van der Waals surface area (Å²) >= 11 is 0. The van der Waals surface area contributed by atoms with Crippen LogP contribution in [-0.2, 0) is 9.59 Å². The molecule has 17 heavy (non-hydrogen) atoms. The van der Waals surface area contributed by atoms with Crippen LogP contribution >= 0.6 is 0 Å². The second-order valence-electron chi connectivity index (χ2n) is 5.14. The molecule has 5 nitrogen and oxygen atoms in total. The van der Waals surface area contributed by atoms with Crippen LogP contribution in [0.4, 0.5) is 0 Å². The third-order valence-corrected chi connectivity index (χ3v) is 3.15. The fraction of sp³-hybridized carbons (Fsp3) is 0.833. The van der Waals surface area contributed by atoms with Gasteiger partial charge in [-0.05, 0) is 26.8 Å². The van der Waals surface area contributed by atoms with Gasteiger partial charge in [-0.1, -0.05) is 6.92 Å². The summed E-state index contributed by atoms with van der Waals surface area (Å²) in [4.78, 5) is 25.0. The van der Waals surface area contributed by atoms with E-state index in [0.29, 0.717) is 13.0 Å². The van der Waals surface area contributed by atoms with Crippen LogP contribution < -0.4 is 10.6 Å². The van der Waals surface area contributed by atoms with Gasteiger partial charge in [0.1, 0.15) is 0 Å². The molecule has 0 aromatic heterocycles. The number of hydrogen-bond donors (Lipinski definition) is 2. The predicted octanol–water partition coefficient (Wildman–Crippen LogP) is 0.112. The van der Waals surface area contributed by atoms with E-state index in [1.807, 2.05) is 20.8 Å². The molecule has 2 N–H and O–H groups in total. The lowest BCUT2D eigenvalue weighted by Gasteiger charge is -2.33. The van der Waals surface area contributed by atoms with Crippen LogP contribution in [0.25, 0.3) is 0 Å². The van der Waals surface area contributed by atoms with E-state index in [1.165, 1.54) is 0 Å². The summed E-state index contributed by atoms with van der Waals surface area (Å²) in [6.07, 6.45) is 1.25. The van der Waals surface area contributed by atoms with Gasteiger partial charge in [-0.2, -0.15) is 0 Å². The Labute approximate surface area is 103 Å². The van der Waals surface area contributed by atoms with Gasteiger partial charge in [0.05, 0.1) is 5.54 Å².